The SMILES string of the molecule is CCNC(=O)N1CCCC(Cn2cnc3ccccc32)C1. The molecule has 5 heteroatoms. The van der Waals surface area contributed by atoms with Gasteiger partial charge < -0.3 is 14.8 Å². The summed E-state index contributed by atoms with van der Waals surface area (Å²) in [6.07, 6.45) is 4.16. The normalized spacial score (nSPS) is 18.9. The molecule has 0 spiro atoms. The van der Waals surface area contributed by atoms with Gasteiger partial charge in [-0.25, -0.2) is 9.78 Å². The average Bonchev–Trinajstić information content (AvgIpc) is 2.91. The van der Waals surface area contributed by atoms with Gasteiger partial charge in [-0.2, -0.15) is 0 Å². The van der Waals surface area contributed by atoms with Gasteiger partial charge in [-0.05, 0) is 37.8 Å². The van der Waals surface area contributed by atoms with Crippen LogP contribution in [-0.2, 0) is 6.54 Å². The molecule has 3 rings (SSSR count). The minimum absolute atomic E-state index is 0.0673. The number of carbonyl (C=O) groups excluding carboxylic acids is 1. The maximum atomic E-state index is 12.0. The Kier molecular flexibility index (Phi) is 4.08. The first kappa shape index (κ1) is 13.9. The monoisotopic (exact) mass is 286 g/mol. The molecule has 5 nitrogen and oxygen atoms in total. The fraction of sp³-hybridized carbons (Fsp3) is 0.500. The highest BCUT2D eigenvalue weighted by molar-refractivity contribution is 5.75. The van der Waals surface area contributed by atoms with Gasteiger partial charge in [0.1, 0.15) is 0 Å². The van der Waals surface area contributed by atoms with Crippen LogP contribution < -0.4 is 5.32 Å². The molecule has 1 N–H and O–H groups in total. The first-order chi connectivity index (χ1) is 10.3. The molecule has 112 valence electrons. The molecule has 0 aliphatic carbocycles. The predicted octanol–water partition coefficient (Wildman–Crippen LogP) is 2.48. The van der Waals surface area contributed by atoms with Crippen molar-refractivity contribution in [3.63, 3.8) is 0 Å². The Morgan fingerprint density at radius 3 is 3.14 bits per heavy atom. The lowest BCUT2D eigenvalue weighted by atomic mass is 9.98. The number of piperidine rings is 1. The molecule has 0 saturated carbocycles. The van der Waals surface area contributed by atoms with E-state index in [0.29, 0.717) is 12.5 Å². The van der Waals surface area contributed by atoms with Crippen molar-refractivity contribution in [1.82, 2.24) is 19.8 Å². The van der Waals surface area contributed by atoms with Gasteiger partial charge in [0.2, 0.25) is 0 Å². The fourth-order valence-electron chi connectivity index (χ4n) is 3.10. The lowest BCUT2D eigenvalue weighted by Gasteiger charge is -2.33. The van der Waals surface area contributed by atoms with Gasteiger partial charge in [0.25, 0.3) is 0 Å². The van der Waals surface area contributed by atoms with Gasteiger partial charge in [0.15, 0.2) is 0 Å². The molecule has 1 aliphatic heterocycles. The Bertz CT molecular complexity index is 622. The number of nitrogens with zero attached hydrogens (tertiary/aromatic N) is 3. The van der Waals surface area contributed by atoms with Crippen LogP contribution in [0.15, 0.2) is 30.6 Å². The van der Waals surface area contributed by atoms with Crippen LogP contribution in [0.1, 0.15) is 19.8 Å². The third-order valence-corrected chi connectivity index (χ3v) is 4.12. The molecule has 1 aliphatic rings. The van der Waals surface area contributed by atoms with E-state index in [2.05, 4.69) is 20.9 Å². The molecule has 2 aromatic rings. The second-order valence-corrected chi connectivity index (χ2v) is 5.68. The molecule has 1 aromatic carbocycles. The number of para-hydroxylation sites is 2. The molecular formula is C16H22N4O. The van der Waals surface area contributed by atoms with Gasteiger partial charge in [-0.15, -0.1) is 0 Å². The largest absolute Gasteiger partial charge is 0.338 e. The van der Waals surface area contributed by atoms with E-state index in [1.807, 2.05) is 36.4 Å². The van der Waals surface area contributed by atoms with Crippen molar-refractivity contribution in [2.45, 2.75) is 26.3 Å². The minimum atomic E-state index is 0.0673. The van der Waals surface area contributed by atoms with Gasteiger partial charge in [0.05, 0.1) is 17.4 Å². The van der Waals surface area contributed by atoms with Crippen molar-refractivity contribution >= 4 is 17.1 Å². The molecule has 2 amide bonds. The van der Waals surface area contributed by atoms with E-state index in [1.54, 1.807) is 0 Å². The highest BCUT2D eigenvalue weighted by atomic mass is 16.2. The van der Waals surface area contributed by atoms with E-state index in [1.165, 1.54) is 11.9 Å². The minimum Gasteiger partial charge on any atom is -0.338 e. The summed E-state index contributed by atoms with van der Waals surface area (Å²) < 4.78 is 2.21. The number of fused-ring (bicyclic) bond motifs is 1. The number of carbonyl (C=O) groups is 1. The summed E-state index contributed by atoms with van der Waals surface area (Å²) in [5.74, 6) is 0.499. The topological polar surface area (TPSA) is 50.2 Å². The number of hydrogen-bond acceptors (Lipinski definition) is 2. The van der Waals surface area contributed by atoms with Crippen molar-refractivity contribution in [2.24, 2.45) is 5.92 Å². The highest BCUT2D eigenvalue weighted by Crippen LogP contribution is 2.21. The van der Waals surface area contributed by atoms with Crippen LogP contribution in [-0.4, -0.2) is 40.1 Å². The molecule has 1 fully saturated rings. The van der Waals surface area contributed by atoms with E-state index in [-0.39, 0.29) is 6.03 Å². The van der Waals surface area contributed by atoms with Gasteiger partial charge in [0, 0.05) is 26.2 Å². The summed E-state index contributed by atoms with van der Waals surface area (Å²) in [7, 11) is 0. The van der Waals surface area contributed by atoms with Gasteiger partial charge in [-0.1, -0.05) is 12.1 Å². The third-order valence-electron chi connectivity index (χ3n) is 4.12. The Balaban J connectivity index is 1.68. The Morgan fingerprint density at radius 2 is 2.29 bits per heavy atom. The molecular weight excluding hydrogens is 264 g/mol. The van der Waals surface area contributed by atoms with Crippen LogP contribution in [0.3, 0.4) is 0 Å². The van der Waals surface area contributed by atoms with Crippen LogP contribution in [0.4, 0.5) is 4.79 Å². The predicted molar refractivity (Wildman–Crippen MR) is 83.1 cm³/mol. The second-order valence-electron chi connectivity index (χ2n) is 5.68. The molecule has 2 heterocycles. The number of rotatable bonds is 3. The molecule has 1 unspecified atom stereocenters. The van der Waals surface area contributed by atoms with E-state index in [0.717, 1.165) is 31.6 Å². The van der Waals surface area contributed by atoms with Crippen LogP contribution >= 0.6 is 0 Å². The number of nitrogens with one attached hydrogen (secondary N) is 1. The zero-order chi connectivity index (χ0) is 14.7. The smallest absolute Gasteiger partial charge is 0.317 e. The van der Waals surface area contributed by atoms with Crippen molar-refractivity contribution in [3.8, 4) is 0 Å². The maximum Gasteiger partial charge on any atom is 0.317 e. The van der Waals surface area contributed by atoms with E-state index >= 15 is 0 Å². The summed E-state index contributed by atoms with van der Waals surface area (Å²) >= 11 is 0. The quantitative estimate of drug-likeness (QED) is 0.942. The van der Waals surface area contributed by atoms with Crippen molar-refractivity contribution in [1.29, 1.82) is 0 Å². The average molecular weight is 286 g/mol. The Labute approximate surface area is 125 Å². The zero-order valence-corrected chi connectivity index (χ0v) is 12.5. The van der Waals surface area contributed by atoms with Gasteiger partial charge in [-0.3, -0.25) is 0 Å². The van der Waals surface area contributed by atoms with Crippen LogP contribution in [0.2, 0.25) is 0 Å². The number of aromatic nitrogens is 2. The number of benzene rings is 1. The van der Waals surface area contributed by atoms with Crippen molar-refractivity contribution < 1.29 is 4.79 Å². The number of imidazole rings is 1. The Morgan fingerprint density at radius 1 is 1.43 bits per heavy atom. The van der Waals surface area contributed by atoms with Crippen LogP contribution in [0.25, 0.3) is 11.0 Å². The highest BCUT2D eigenvalue weighted by Gasteiger charge is 2.23. The summed E-state index contributed by atoms with van der Waals surface area (Å²) in [5.41, 5.74) is 2.21. The number of hydrogen-bond donors (Lipinski definition) is 1. The Hall–Kier alpha value is -2.04. The second kappa shape index (κ2) is 6.16. The number of urea groups is 1. The third kappa shape index (κ3) is 3.01. The van der Waals surface area contributed by atoms with E-state index in [9.17, 15) is 4.79 Å². The summed E-state index contributed by atoms with van der Waals surface area (Å²) in [4.78, 5) is 18.3. The van der Waals surface area contributed by atoms with Gasteiger partial charge >= 0.3 is 6.03 Å². The standard InChI is InChI=1S/C16H22N4O/c1-2-17-16(21)19-9-5-6-13(10-19)11-20-12-18-14-7-3-4-8-15(14)20/h3-4,7-8,12-13H,2,5-6,9-11H2,1H3,(H,17,21). The molecule has 1 atom stereocenters. The van der Waals surface area contributed by atoms with Crippen molar-refractivity contribution in [2.75, 3.05) is 19.6 Å². The lowest BCUT2D eigenvalue weighted by molar-refractivity contribution is 0.160. The maximum absolute atomic E-state index is 12.0. The first-order valence-corrected chi connectivity index (χ1v) is 7.70. The fourth-order valence-corrected chi connectivity index (χ4v) is 3.10. The van der Waals surface area contributed by atoms with Crippen LogP contribution in [0.5, 0.6) is 0 Å². The summed E-state index contributed by atoms with van der Waals surface area (Å²) in [6.45, 7) is 5.27. The summed E-state index contributed by atoms with van der Waals surface area (Å²) in [5, 5.41) is 2.89. The number of likely N-dealkylation sites (tertiary alicyclic amines) is 1. The summed E-state index contributed by atoms with van der Waals surface area (Å²) in [6, 6.07) is 8.26. The van der Waals surface area contributed by atoms with E-state index < -0.39 is 0 Å². The van der Waals surface area contributed by atoms with E-state index in [4.69, 9.17) is 0 Å². The zero-order valence-electron chi connectivity index (χ0n) is 12.5. The molecule has 0 bridgehead atoms. The lowest BCUT2D eigenvalue weighted by Crippen LogP contribution is -2.46. The van der Waals surface area contributed by atoms with Crippen LogP contribution in [0, 0.1) is 5.92 Å². The molecule has 21 heavy (non-hydrogen) atoms. The first-order valence-electron chi connectivity index (χ1n) is 7.70. The number of amides is 2. The molecule has 1 aromatic heterocycles. The van der Waals surface area contributed by atoms with Crippen molar-refractivity contribution in [3.05, 3.63) is 30.6 Å². The molecule has 0 radical (unpaired) electrons. The molecule has 1 saturated heterocycles.